The quantitative estimate of drug-likeness (QED) is 0.511. The van der Waals surface area contributed by atoms with E-state index >= 15 is 0 Å². The number of aromatic nitrogens is 4. The van der Waals surface area contributed by atoms with Crippen LogP contribution in [0.15, 0.2) is 52.1 Å². The lowest BCUT2D eigenvalue weighted by molar-refractivity contribution is 0.102. The number of amides is 1. The molecule has 4 aromatic rings. The van der Waals surface area contributed by atoms with E-state index in [2.05, 4.69) is 22.2 Å². The fourth-order valence-corrected chi connectivity index (χ4v) is 3.53. The first-order valence-electron chi connectivity index (χ1n) is 9.57. The summed E-state index contributed by atoms with van der Waals surface area (Å²) in [4.78, 5) is 43.9. The van der Waals surface area contributed by atoms with Crippen LogP contribution in [0.25, 0.3) is 22.1 Å². The van der Waals surface area contributed by atoms with Crippen LogP contribution in [0.4, 0.5) is 5.95 Å². The Bertz CT molecular complexity index is 1350. The molecular weight excluding hydrogens is 370 g/mol. The zero-order chi connectivity index (χ0) is 20.5. The van der Waals surface area contributed by atoms with Crippen LogP contribution < -0.4 is 16.4 Å². The lowest BCUT2D eigenvalue weighted by Gasteiger charge is -2.10. The van der Waals surface area contributed by atoms with Gasteiger partial charge in [-0.1, -0.05) is 19.1 Å². The van der Waals surface area contributed by atoms with Crippen molar-refractivity contribution in [1.82, 2.24) is 19.1 Å². The number of rotatable bonds is 5. The third-order valence-electron chi connectivity index (χ3n) is 4.88. The maximum absolute atomic E-state index is 12.9. The highest BCUT2D eigenvalue weighted by atomic mass is 16.2. The molecule has 2 N–H and O–H groups in total. The average molecular weight is 391 g/mol. The van der Waals surface area contributed by atoms with Crippen LogP contribution in [0.2, 0.25) is 0 Å². The SMILES string of the molecule is CCCn1c(NC(=O)c2ccc3c(c2)[nH]c(=O)c(=O)n3CC)nc2ccccc21. The molecule has 8 nitrogen and oxygen atoms in total. The number of imidazole rings is 1. The van der Waals surface area contributed by atoms with Gasteiger partial charge in [-0.2, -0.15) is 0 Å². The summed E-state index contributed by atoms with van der Waals surface area (Å²) in [6, 6.07) is 12.6. The number of para-hydroxylation sites is 2. The number of nitrogens with zero attached hydrogens (tertiary/aromatic N) is 3. The van der Waals surface area contributed by atoms with Gasteiger partial charge < -0.3 is 14.1 Å². The van der Waals surface area contributed by atoms with E-state index < -0.39 is 11.1 Å². The molecule has 2 heterocycles. The molecule has 0 spiro atoms. The van der Waals surface area contributed by atoms with Gasteiger partial charge in [-0.3, -0.25) is 19.7 Å². The number of fused-ring (bicyclic) bond motifs is 2. The number of carbonyl (C=O) groups is 1. The van der Waals surface area contributed by atoms with Crippen molar-refractivity contribution in [2.24, 2.45) is 0 Å². The Kier molecular flexibility index (Phi) is 4.75. The van der Waals surface area contributed by atoms with E-state index in [0.717, 1.165) is 24.0 Å². The first-order chi connectivity index (χ1) is 14.0. The molecule has 0 saturated carbocycles. The van der Waals surface area contributed by atoms with E-state index in [4.69, 9.17) is 0 Å². The van der Waals surface area contributed by atoms with E-state index in [1.54, 1.807) is 25.1 Å². The smallest absolute Gasteiger partial charge is 0.316 e. The monoisotopic (exact) mass is 391 g/mol. The van der Waals surface area contributed by atoms with E-state index in [9.17, 15) is 14.4 Å². The predicted octanol–water partition coefficient (Wildman–Crippen LogP) is 2.72. The molecule has 0 aliphatic carbocycles. The molecule has 4 rings (SSSR count). The van der Waals surface area contributed by atoms with Crippen molar-refractivity contribution >= 4 is 33.9 Å². The molecule has 0 radical (unpaired) electrons. The van der Waals surface area contributed by atoms with Crippen molar-refractivity contribution in [1.29, 1.82) is 0 Å². The molecule has 148 valence electrons. The van der Waals surface area contributed by atoms with Crippen molar-refractivity contribution in [2.45, 2.75) is 33.4 Å². The molecule has 2 aromatic carbocycles. The molecule has 0 atom stereocenters. The lowest BCUT2D eigenvalue weighted by Crippen LogP contribution is -2.36. The van der Waals surface area contributed by atoms with E-state index in [0.29, 0.717) is 29.1 Å². The molecule has 8 heteroatoms. The van der Waals surface area contributed by atoms with E-state index in [1.807, 2.05) is 28.8 Å². The van der Waals surface area contributed by atoms with E-state index in [-0.39, 0.29) is 5.91 Å². The summed E-state index contributed by atoms with van der Waals surface area (Å²) in [7, 11) is 0. The van der Waals surface area contributed by atoms with Crippen LogP contribution in [0.5, 0.6) is 0 Å². The molecule has 2 aromatic heterocycles. The number of carbonyl (C=O) groups excluding carboxylic acids is 1. The fourth-order valence-electron chi connectivity index (χ4n) is 3.53. The molecule has 0 unspecified atom stereocenters. The molecule has 0 aliphatic heterocycles. The van der Waals surface area contributed by atoms with Gasteiger partial charge in [-0.15, -0.1) is 0 Å². The topological polar surface area (TPSA) is 102 Å². The van der Waals surface area contributed by atoms with Gasteiger partial charge in [-0.25, -0.2) is 4.98 Å². The van der Waals surface area contributed by atoms with Gasteiger partial charge in [0, 0.05) is 18.7 Å². The Morgan fingerprint density at radius 2 is 1.86 bits per heavy atom. The number of nitrogens with one attached hydrogen (secondary N) is 2. The van der Waals surface area contributed by atoms with Gasteiger partial charge in [0.2, 0.25) is 5.95 Å². The molecule has 29 heavy (non-hydrogen) atoms. The lowest BCUT2D eigenvalue weighted by atomic mass is 10.1. The van der Waals surface area contributed by atoms with Crippen LogP contribution in [-0.4, -0.2) is 25.0 Å². The number of H-pyrrole nitrogens is 1. The summed E-state index contributed by atoms with van der Waals surface area (Å²) in [6.07, 6.45) is 0.898. The van der Waals surface area contributed by atoms with Crippen LogP contribution in [0.3, 0.4) is 0 Å². The highest BCUT2D eigenvalue weighted by Crippen LogP contribution is 2.21. The van der Waals surface area contributed by atoms with Gasteiger partial charge in [-0.05, 0) is 43.7 Å². The highest BCUT2D eigenvalue weighted by molar-refractivity contribution is 6.05. The minimum atomic E-state index is -0.707. The predicted molar refractivity (Wildman–Crippen MR) is 112 cm³/mol. The molecule has 0 bridgehead atoms. The van der Waals surface area contributed by atoms with Crippen LogP contribution in [0, 0.1) is 0 Å². The molecule has 1 amide bonds. The number of benzene rings is 2. The number of aromatic amines is 1. The third kappa shape index (κ3) is 3.22. The largest absolute Gasteiger partial charge is 0.316 e. The van der Waals surface area contributed by atoms with Gasteiger partial charge >= 0.3 is 11.1 Å². The number of hydrogen-bond acceptors (Lipinski definition) is 4. The third-order valence-corrected chi connectivity index (χ3v) is 4.88. The first kappa shape index (κ1) is 18.7. The fraction of sp³-hybridized carbons (Fsp3) is 0.238. The van der Waals surface area contributed by atoms with Gasteiger partial charge in [0.15, 0.2) is 0 Å². The summed E-state index contributed by atoms with van der Waals surface area (Å²) in [5, 5.41) is 2.87. The Balaban J connectivity index is 1.74. The van der Waals surface area contributed by atoms with Crippen LogP contribution >= 0.6 is 0 Å². The van der Waals surface area contributed by atoms with Crippen molar-refractivity contribution in [3.05, 3.63) is 68.7 Å². The van der Waals surface area contributed by atoms with Gasteiger partial charge in [0.1, 0.15) is 0 Å². The van der Waals surface area contributed by atoms with Crippen molar-refractivity contribution in [2.75, 3.05) is 5.32 Å². The second kappa shape index (κ2) is 7.38. The van der Waals surface area contributed by atoms with Crippen LogP contribution in [0.1, 0.15) is 30.6 Å². The maximum atomic E-state index is 12.9. The normalized spacial score (nSPS) is 11.2. The van der Waals surface area contributed by atoms with Crippen molar-refractivity contribution in [3.8, 4) is 0 Å². The molecule has 0 saturated heterocycles. The maximum Gasteiger partial charge on any atom is 0.316 e. The Morgan fingerprint density at radius 1 is 1.07 bits per heavy atom. The second-order valence-electron chi connectivity index (χ2n) is 6.77. The van der Waals surface area contributed by atoms with Gasteiger partial charge in [0.05, 0.1) is 22.1 Å². The number of hydrogen-bond donors (Lipinski definition) is 2. The zero-order valence-electron chi connectivity index (χ0n) is 16.2. The Hall–Kier alpha value is -3.68. The molecular formula is C21H21N5O3. The minimum absolute atomic E-state index is 0.338. The first-order valence-corrected chi connectivity index (χ1v) is 9.57. The summed E-state index contributed by atoms with van der Waals surface area (Å²) in [6.45, 7) is 4.95. The number of anilines is 1. The van der Waals surface area contributed by atoms with E-state index in [1.165, 1.54) is 4.57 Å². The minimum Gasteiger partial charge on any atom is -0.316 e. The summed E-state index contributed by atoms with van der Waals surface area (Å²) in [5.41, 5.74) is 1.83. The average Bonchev–Trinajstić information content (AvgIpc) is 3.06. The van der Waals surface area contributed by atoms with Gasteiger partial charge in [0.25, 0.3) is 5.91 Å². The molecule has 0 aliphatic rings. The summed E-state index contributed by atoms with van der Waals surface area (Å²) < 4.78 is 3.36. The second-order valence-corrected chi connectivity index (χ2v) is 6.77. The highest BCUT2D eigenvalue weighted by Gasteiger charge is 2.15. The van der Waals surface area contributed by atoms with Crippen LogP contribution in [-0.2, 0) is 13.1 Å². The van der Waals surface area contributed by atoms with Crippen molar-refractivity contribution in [3.63, 3.8) is 0 Å². The standard InChI is InChI=1S/C21H21N5O3/c1-3-11-26-16-8-6-5-7-14(16)23-21(26)24-18(27)13-9-10-17-15(12-13)22-19(28)20(29)25(17)4-2/h5-10,12H,3-4,11H2,1-2H3,(H,22,28)(H,23,24,27). The van der Waals surface area contributed by atoms with Crippen molar-refractivity contribution < 1.29 is 4.79 Å². The summed E-state index contributed by atoms with van der Waals surface area (Å²) in [5.74, 6) is 0.139. The molecule has 0 fully saturated rings. The Morgan fingerprint density at radius 3 is 2.62 bits per heavy atom. The summed E-state index contributed by atoms with van der Waals surface area (Å²) >= 11 is 0. The Labute approximate surface area is 165 Å². The number of aryl methyl sites for hydroxylation is 2. The zero-order valence-corrected chi connectivity index (χ0v) is 16.2.